The van der Waals surface area contributed by atoms with Crippen LogP contribution in [0.25, 0.3) is 0 Å². The van der Waals surface area contributed by atoms with Crippen LogP contribution in [-0.4, -0.2) is 45.6 Å². The molecule has 1 aromatic heterocycles. The Kier molecular flexibility index (Phi) is 5.15. The highest BCUT2D eigenvalue weighted by Crippen LogP contribution is 2.28. The lowest BCUT2D eigenvalue weighted by Crippen LogP contribution is -2.57. The summed E-state index contributed by atoms with van der Waals surface area (Å²) in [4.78, 5) is 28.4. The smallest absolute Gasteiger partial charge is 0.403 e. The summed E-state index contributed by atoms with van der Waals surface area (Å²) >= 11 is 0. The van der Waals surface area contributed by atoms with Gasteiger partial charge < -0.3 is 10.1 Å². The molecule has 1 aromatic rings. The van der Waals surface area contributed by atoms with Gasteiger partial charge in [-0.15, -0.1) is 0 Å². The molecule has 0 bridgehead atoms. The maximum atomic E-state index is 12.7. The first-order valence-electron chi connectivity index (χ1n) is 7.61. The molecule has 1 aliphatic heterocycles. The zero-order valence-electron chi connectivity index (χ0n) is 13.6. The third-order valence-electron chi connectivity index (χ3n) is 3.71. The van der Waals surface area contributed by atoms with Crippen molar-refractivity contribution in [2.45, 2.75) is 45.2 Å². The van der Waals surface area contributed by atoms with E-state index in [1.54, 1.807) is 4.90 Å². The number of amides is 1. The van der Waals surface area contributed by atoms with Crippen LogP contribution in [0, 0.1) is 10.1 Å². The molecular weight excluding hydrogens is 300 g/mol. The van der Waals surface area contributed by atoms with Gasteiger partial charge in [-0.1, -0.05) is 0 Å². The van der Waals surface area contributed by atoms with E-state index in [9.17, 15) is 14.9 Å². The van der Waals surface area contributed by atoms with Gasteiger partial charge in [0.15, 0.2) is 0 Å². The Hall–Kier alpha value is -2.22. The van der Waals surface area contributed by atoms with Gasteiger partial charge in [0, 0.05) is 30.4 Å². The van der Waals surface area contributed by atoms with Crippen LogP contribution in [0.3, 0.4) is 0 Å². The first-order valence-corrected chi connectivity index (χ1v) is 7.61. The number of nitrogens with one attached hydrogen (secondary N) is 1. The molecule has 8 heteroatoms. The van der Waals surface area contributed by atoms with E-state index in [2.05, 4.69) is 10.3 Å². The molecule has 1 amide bonds. The van der Waals surface area contributed by atoms with Gasteiger partial charge in [0.05, 0.1) is 4.92 Å². The Morgan fingerprint density at radius 2 is 2.26 bits per heavy atom. The number of piperidine rings is 1. The summed E-state index contributed by atoms with van der Waals surface area (Å²) in [6.45, 7) is 7.38. The van der Waals surface area contributed by atoms with Crippen molar-refractivity contribution >= 4 is 11.8 Å². The minimum atomic E-state index is -0.612. The monoisotopic (exact) mass is 322 g/mol. The number of nitrogens with zero attached hydrogens (tertiary/aromatic N) is 3. The lowest BCUT2D eigenvalue weighted by atomic mass is 9.99. The molecule has 1 N–H and O–H groups in total. The number of hydrogen-bond acceptors (Lipinski definition) is 6. The highest BCUT2D eigenvalue weighted by atomic mass is 16.6. The van der Waals surface area contributed by atoms with Crippen molar-refractivity contribution in [1.82, 2.24) is 15.2 Å². The van der Waals surface area contributed by atoms with Crippen LogP contribution in [0.2, 0.25) is 0 Å². The Morgan fingerprint density at radius 1 is 1.52 bits per heavy atom. The lowest BCUT2D eigenvalue weighted by Gasteiger charge is -2.42. The third kappa shape index (κ3) is 4.16. The SMILES string of the molecule is CC(C)(C)N(C(=O)Oc1ccncc1[N+](=O)[O-])[C@H]1CCCNC1. The molecule has 0 saturated carbocycles. The molecule has 0 unspecified atom stereocenters. The summed E-state index contributed by atoms with van der Waals surface area (Å²) in [7, 11) is 0. The number of hydrogen-bond donors (Lipinski definition) is 1. The average Bonchev–Trinajstić information content (AvgIpc) is 2.47. The van der Waals surface area contributed by atoms with Crippen LogP contribution in [0.15, 0.2) is 18.5 Å². The minimum Gasteiger partial charge on any atom is -0.403 e. The summed E-state index contributed by atoms with van der Waals surface area (Å²) < 4.78 is 5.33. The van der Waals surface area contributed by atoms with Crippen LogP contribution in [0.1, 0.15) is 33.6 Å². The summed E-state index contributed by atoms with van der Waals surface area (Å²) in [5, 5.41) is 14.3. The van der Waals surface area contributed by atoms with Crippen LogP contribution >= 0.6 is 0 Å². The standard InChI is InChI=1S/C15H22N4O4/c1-15(2,3)18(11-5-4-7-16-9-11)14(20)23-13-6-8-17-10-12(13)19(21)22/h6,8,10-11,16H,4-5,7,9H2,1-3H3/t11-/m0/s1. The van der Waals surface area contributed by atoms with E-state index in [1.165, 1.54) is 12.3 Å². The Morgan fingerprint density at radius 3 is 2.83 bits per heavy atom. The molecule has 1 fully saturated rings. The van der Waals surface area contributed by atoms with Crippen molar-refractivity contribution in [3.63, 3.8) is 0 Å². The Balaban J connectivity index is 2.23. The number of ether oxygens (including phenoxy) is 1. The molecule has 0 spiro atoms. The number of carbonyl (C=O) groups excluding carboxylic acids is 1. The fourth-order valence-corrected chi connectivity index (χ4v) is 2.76. The van der Waals surface area contributed by atoms with Crippen LogP contribution in [0.4, 0.5) is 10.5 Å². The molecule has 1 saturated heterocycles. The number of carbonyl (C=O) groups is 1. The van der Waals surface area contributed by atoms with Gasteiger partial charge in [-0.2, -0.15) is 0 Å². The molecule has 0 radical (unpaired) electrons. The first-order chi connectivity index (χ1) is 10.8. The van der Waals surface area contributed by atoms with E-state index < -0.39 is 16.6 Å². The molecule has 0 aliphatic carbocycles. The van der Waals surface area contributed by atoms with Crippen molar-refractivity contribution in [2.24, 2.45) is 0 Å². The second kappa shape index (κ2) is 6.91. The number of aromatic nitrogens is 1. The van der Waals surface area contributed by atoms with E-state index in [-0.39, 0.29) is 17.5 Å². The molecule has 2 heterocycles. The van der Waals surface area contributed by atoms with E-state index in [0.29, 0.717) is 6.54 Å². The molecule has 1 atom stereocenters. The largest absolute Gasteiger partial charge is 0.416 e. The van der Waals surface area contributed by atoms with Gasteiger partial charge in [0.1, 0.15) is 6.20 Å². The van der Waals surface area contributed by atoms with Crippen LogP contribution in [-0.2, 0) is 0 Å². The Labute approximate surface area is 135 Å². The number of pyridine rings is 1. The summed E-state index contributed by atoms with van der Waals surface area (Å²) in [6, 6.07) is 1.33. The second-order valence-corrected chi connectivity index (χ2v) is 6.51. The number of nitro groups is 1. The van der Waals surface area contributed by atoms with Gasteiger partial charge in [-0.05, 0) is 40.2 Å². The van der Waals surface area contributed by atoms with Crippen molar-refractivity contribution < 1.29 is 14.5 Å². The minimum absolute atomic E-state index is 0.00265. The zero-order chi connectivity index (χ0) is 17.0. The summed E-state index contributed by atoms with van der Waals surface area (Å²) in [6.07, 6.45) is 3.70. The molecule has 23 heavy (non-hydrogen) atoms. The lowest BCUT2D eigenvalue weighted by molar-refractivity contribution is -0.386. The molecular formula is C15H22N4O4. The average molecular weight is 322 g/mol. The topological polar surface area (TPSA) is 97.6 Å². The predicted octanol–water partition coefficient (Wildman–Crippen LogP) is 2.34. The second-order valence-electron chi connectivity index (χ2n) is 6.51. The van der Waals surface area contributed by atoms with Crippen molar-refractivity contribution in [3.8, 4) is 5.75 Å². The maximum absolute atomic E-state index is 12.7. The van der Waals surface area contributed by atoms with Crippen LogP contribution < -0.4 is 10.1 Å². The van der Waals surface area contributed by atoms with Gasteiger partial charge in [0.25, 0.3) is 0 Å². The first kappa shape index (κ1) is 17.1. The van der Waals surface area contributed by atoms with E-state index >= 15 is 0 Å². The zero-order valence-corrected chi connectivity index (χ0v) is 13.6. The van der Waals surface area contributed by atoms with Gasteiger partial charge in [0.2, 0.25) is 5.75 Å². The fraction of sp³-hybridized carbons (Fsp3) is 0.600. The normalized spacial score (nSPS) is 18.3. The van der Waals surface area contributed by atoms with Gasteiger partial charge in [-0.3, -0.25) is 20.0 Å². The van der Waals surface area contributed by atoms with Crippen molar-refractivity contribution in [1.29, 1.82) is 0 Å². The van der Waals surface area contributed by atoms with Crippen LogP contribution in [0.5, 0.6) is 5.75 Å². The maximum Gasteiger partial charge on any atom is 0.416 e. The fourth-order valence-electron chi connectivity index (χ4n) is 2.76. The molecule has 1 aliphatic rings. The third-order valence-corrected chi connectivity index (χ3v) is 3.71. The molecule has 126 valence electrons. The summed E-state index contributed by atoms with van der Waals surface area (Å²) in [5.41, 5.74) is -0.778. The van der Waals surface area contributed by atoms with E-state index in [0.717, 1.165) is 25.6 Å². The van der Waals surface area contributed by atoms with Crippen molar-refractivity contribution in [2.75, 3.05) is 13.1 Å². The van der Waals surface area contributed by atoms with E-state index in [4.69, 9.17) is 4.74 Å². The quantitative estimate of drug-likeness (QED) is 0.677. The molecule has 8 nitrogen and oxygen atoms in total. The van der Waals surface area contributed by atoms with E-state index in [1.807, 2.05) is 20.8 Å². The highest BCUT2D eigenvalue weighted by molar-refractivity contribution is 5.73. The van der Waals surface area contributed by atoms with Crippen molar-refractivity contribution in [3.05, 3.63) is 28.6 Å². The van der Waals surface area contributed by atoms with Gasteiger partial charge >= 0.3 is 11.8 Å². The molecule has 0 aromatic carbocycles. The highest BCUT2D eigenvalue weighted by Gasteiger charge is 2.36. The molecule has 2 rings (SSSR count). The Bertz CT molecular complexity index is 579. The summed E-state index contributed by atoms with van der Waals surface area (Å²) in [5.74, 6) is -0.0898. The van der Waals surface area contributed by atoms with Gasteiger partial charge in [-0.25, -0.2) is 4.79 Å². The number of rotatable bonds is 3. The predicted molar refractivity (Wildman–Crippen MR) is 84.4 cm³/mol.